The second-order valence-electron chi connectivity index (χ2n) is 5.47. The average Bonchev–Trinajstić information content (AvgIpc) is 2.51. The maximum Gasteiger partial charge on any atom is 0.346 e. The summed E-state index contributed by atoms with van der Waals surface area (Å²) in [5.74, 6) is -3.08. The van der Waals surface area contributed by atoms with Crippen LogP contribution in [0.4, 0.5) is 0 Å². The first kappa shape index (κ1) is 13.6. The van der Waals surface area contributed by atoms with Crippen LogP contribution in [0, 0.1) is 0 Å². The Bertz CT molecular complexity index is 953. The molecule has 2 aliphatic rings. The highest BCUT2D eigenvalue weighted by molar-refractivity contribution is 6.29. The van der Waals surface area contributed by atoms with Crippen molar-refractivity contribution >= 4 is 34.6 Å². The zero-order valence-corrected chi connectivity index (χ0v) is 12.1. The van der Waals surface area contributed by atoms with Crippen LogP contribution in [-0.4, -0.2) is 23.9 Å². The first-order chi connectivity index (χ1) is 11.0. The Balaban J connectivity index is 2.25. The van der Waals surface area contributed by atoms with E-state index >= 15 is 0 Å². The summed E-state index contributed by atoms with van der Waals surface area (Å²) in [6, 6.07) is 4.39. The molecular weight excluding hydrogens is 300 g/mol. The normalized spacial score (nSPS) is 15.7. The molecule has 0 bridgehead atoms. The molecule has 0 aliphatic carbocycles. The SMILES string of the molecule is CCCc1cc2c3c(ccc4c3c1C(=O)OC4=O)C(=O)OC2=O. The van der Waals surface area contributed by atoms with E-state index in [-0.39, 0.29) is 22.3 Å². The van der Waals surface area contributed by atoms with E-state index in [0.29, 0.717) is 22.8 Å². The van der Waals surface area contributed by atoms with Crippen molar-refractivity contribution in [3.63, 3.8) is 0 Å². The van der Waals surface area contributed by atoms with Crippen molar-refractivity contribution in [1.82, 2.24) is 0 Å². The summed E-state index contributed by atoms with van der Waals surface area (Å²) in [5.41, 5.74) is 1.41. The summed E-state index contributed by atoms with van der Waals surface area (Å²) >= 11 is 0. The predicted molar refractivity (Wildman–Crippen MR) is 77.4 cm³/mol. The highest BCUT2D eigenvalue weighted by atomic mass is 16.6. The number of aryl methyl sites for hydroxylation is 1. The van der Waals surface area contributed by atoms with Gasteiger partial charge < -0.3 is 9.47 Å². The molecule has 2 aromatic carbocycles. The molecule has 0 spiro atoms. The number of rotatable bonds is 2. The van der Waals surface area contributed by atoms with Crippen molar-refractivity contribution in [1.29, 1.82) is 0 Å². The number of cyclic esters (lactones) is 4. The zero-order valence-electron chi connectivity index (χ0n) is 12.1. The van der Waals surface area contributed by atoms with Crippen molar-refractivity contribution < 1.29 is 28.7 Å². The molecule has 6 heteroatoms. The van der Waals surface area contributed by atoms with Crippen LogP contribution in [0.1, 0.15) is 60.3 Å². The van der Waals surface area contributed by atoms with E-state index in [0.717, 1.165) is 6.42 Å². The molecule has 114 valence electrons. The van der Waals surface area contributed by atoms with E-state index in [1.165, 1.54) is 12.1 Å². The maximum atomic E-state index is 12.2. The van der Waals surface area contributed by atoms with Crippen molar-refractivity contribution in [3.8, 4) is 0 Å². The molecule has 2 aliphatic heterocycles. The fourth-order valence-corrected chi connectivity index (χ4v) is 3.21. The van der Waals surface area contributed by atoms with Crippen LogP contribution in [0.3, 0.4) is 0 Å². The average molecular weight is 310 g/mol. The van der Waals surface area contributed by atoms with E-state index in [4.69, 9.17) is 9.47 Å². The van der Waals surface area contributed by atoms with Gasteiger partial charge in [-0.15, -0.1) is 0 Å². The van der Waals surface area contributed by atoms with Gasteiger partial charge in [0.2, 0.25) is 0 Å². The molecule has 23 heavy (non-hydrogen) atoms. The number of carbonyl (C=O) groups is 4. The molecule has 4 rings (SSSR count). The van der Waals surface area contributed by atoms with Gasteiger partial charge in [-0.2, -0.15) is 0 Å². The van der Waals surface area contributed by atoms with Gasteiger partial charge >= 0.3 is 23.9 Å². The first-order valence-electron chi connectivity index (χ1n) is 7.18. The third-order valence-corrected chi connectivity index (χ3v) is 4.12. The second kappa shape index (κ2) is 4.49. The molecule has 0 radical (unpaired) electrons. The summed E-state index contributed by atoms with van der Waals surface area (Å²) in [5, 5.41) is 0.610. The molecule has 0 atom stereocenters. The van der Waals surface area contributed by atoms with E-state index in [1.54, 1.807) is 6.07 Å². The van der Waals surface area contributed by atoms with Crippen LogP contribution in [0.15, 0.2) is 18.2 Å². The highest BCUT2D eigenvalue weighted by Crippen LogP contribution is 2.38. The van der Waals surface area contributed by atoms with Crippen molar-refractivity contribution in [2.45, 2.75) is 19.8 Å². The standard InChI is InChI=1S/C17H10O6/c1-2-3-7-6-10-12-8(14(18)22-16(10)20)4-5-9-13(12)11(7)17(21)23-15(9)19/h4-6H,2-3H2,1H3. The molecule has 0 N–H and O–H groups in total. The molecule has 0 saturated heterocycles. The van der Waals surface area contributed by atoms with E-state index in [2.05, 4.69) is 0 Å². The summed E-state index contributed by atoms with van der Waals surface area (Å²) in [7, 11) is 0. The molecule has 0 saturated carbocycles. The van der Waals surface area contributed by atoms with Gasteiger partial charge in [0.15, 0.2) is 0 Å². The number of hydrogen-bond donors (Lipinski definition) is 0. The topological polar surface area (TPSA) is 86.7 Å². The number of carbonyl (C=O) groups excluding carboxylic acids is 4. The Labute approximate surface area is 130 Å². The number of hydrogen-bond acceptors (Lipinski definition) is 6. The van der Waals surface area contributed by atoms with Gasteiger partial charge in [-0.25, -0.2) is 19.2 Å². The monoisotopic (exact) mass is 310 g/mol. The predicted octanol–water partition coefficient (Wildman–Crippen LogP) is 2.41. The lowest BCUT2D eigenvalue weighted by Gasteiger charge is -2.23. The lowest BCUT2D eigenvalue weighted by Crippen LogP contribution is -2.26. The summed E-state index contributed by atoms with van der Waals surface area (Å²) in [6.07, 6.45) is 1.27. The highest BCUT2D eigenvalue weighted by Gasteiger charge is 2.36. The molecule has 2 aromatic rings. The van der Waals surface area contributed by atoms with Gasteiger partial charge in [0.25, 0.3) is 0 Å². The Morgan fingerprint density at radius 2 is 1.35 bits per heavy atom. The minimum Gasteiger partial charge on any atom is -0.386 e. The molecule has 0 fully saturated rings. The van der Waals surface area contributed by atoms with Crippen LogP contribution in [0.5, 0.6) is 0 Å². The Morgan fingerprint density at radius 3 is 2.00 bits per heavy atom. The summed E-state index contributed by atoms with van der Waals surface area (Å²) in [6.45, 7) is 1.93. The molecular formula is C17H10O6. The molecule has 0 unspecified atom stereocenters. The van der Waals surface area contributed by atoms with Crippen LogP contribution < -0.4 is 0 Å². The van der Waals surface area contributed by atoms with Crippen LogP contribution in [-0.2, 0) is 15.9 Å². The number of esters is 4. The van der Waals surface area contributed by atoms with Crippen LogP contribution >= 0.6 is 0 Å². The van der Waals surface area contributed by atoms with E-state index in [1.807, 2.05) is 6.92 Å². The van der Waals surface area contributed by atoms with Crippen LogP contribution in [0.2, 0.25) is 0 Å². The molecule has 2 heterocycles. The lowest BCUT2D eigenvalue weighted by atomic mass is 9.85. The Kier molecular flexibility index (Phi) is 2.66. The van der Waals surface area contributed by atoms with Crippen LogP contribution in [0.25, 0.3) is 10.8 Å². The van der Waals surface area contributed by atoms with Gasteiger partial charge in [-0.05, 0) is 30.2 Å². The molecule has 0 aromatic heterocycles. The van der Waals surface area contributed by atoms with Gasteiger partial charge in [0, 0.05) is 10.8 Å². The fourth-order valence-electron chi connectivity index (χ4n) is 3.21. The Hall–Kier alpha value is -3.02. The minimum absolute atomic E-state index is 0.171. The van der Waals surface area contributed by atoms with E-state index in [9.17, 15) is 19.2 Å². The van der Waals surface area contributed by atoms with Gasteiger partial charge in [-0.1, -0.05) is 13.3 Å². The van der Waals surface area contributed by atoms with Crippen molar-refractivity contribution in [3.05, 3.63) is 46.0 Å². The van der Waals surface area contributed by atoms with E-state index < -0.39 is 23.9 Å². The van der Waals surface area contributed by atoms with Gasteiger partial charge in [0.1, 0.15) is 0 Å². The largest absolute Gasteiger partial charge is 0.386 e. The number of benzene rings is 2. The number of ether oxygens (including phenoxy) is 2. The van der Waals surface area contributed by atoms with Gasteiger partial charge in [-0.3, -0.25) is 0 Å². The molecule has 6 nitrogen and oxygen atoms in total. The first-order valence-corrected chi connectivity index (χ1v) is 7.18. The Morgan fingerprint density at radius 1 is 0.783 bits per heavy atom. The maximum absolute atomic E-state index is 12.2. The quantitative estimate of drug-likeness (QED) is 0.625. The third-order valence-electron chi connectivity index (χ3n) is 4.12. The summed E-state index contributed by atoms with van der Waals surface area (Å²) in [4.78, 5) is 48.3. The lowest BCUT2D eigenvalue weighted by molar-refractivity contribution is 0.0365. The fraction of sp³-hybridized carbons (Fsp3) is 0.176. The second-order valence-corrected chi connectivity index (χ2v) is 5.47. The smallest absolute Gasteiger partial charge is 0.346 e. The third kappa shape index (κ3) is 1.69. The zero-order chi connectivity index (χ0) is 16.3. The summed E-state index contributed by atoms with van der Waals surface area (Å²) < 4.78 is 9.54. The molecule has 0 amide bonds. The van der Waals surface area contributed by atoms with Gasteiger partial charge in [0.05, 0.1) is 22.3 Å². The minimum atomic E-state index is -0.783. The van der Waals surface area contributed by atoms with Crippen molar-refractivity contribution in [2.75, 3.05) is 0 Å². The van der Waals surface area contributed by atoms with Crippen molar-refractivity contribution in [2.24, 2.45) is 0 Å².